The molecule has 0 amide bonds. The first-order chi connectivity index (χ1) is 9.26. The van der Waals surface area contributed by atoms with Crippen LogP contribution >= 0.6 is 0 Å². The lowest BCUT2D eigenvalue weighted by Gasteiger charge is -2.38. The highest BCUT2D eigenvalue weighted by Crippen LogP contribution is 2.35. The van der Waals surface area contributed by atoms with Crippen LogP contribution in [0.2, 0.25) is 0 Å². The molecule has 3 unspecified atom stereocenters. The Morgan fingerprint density at radius 3 is 2.79 bits per heavy atom. The zero-order valence-corrected chi connectivity index (χ0v) is 12.7. The second kappa shape index (κ2) is 7.09. The van der Waals surface area contributed by atoms with Crippen LogP contribution < -0.4 is 5.32 Å². The molecule has 1 aromatic rings. The van der Waals surface area contributed by atoms with Crippen molar-refractivity contribution in [3.05, 3.63) is 18.2 Å². The summed E-state index contributed by atoms with van der Waals surface area (Å²) < 4.78 is 2.40. The normalized spacial score (nSPS) is 27.6. The van der Waals surface area contributed by atoms with Gasteiger partial charge in [-0.15, -0.1) is 0 Å². The van der Waals surface area contributed by atoms with Crippen molar-refractivity contribution in [3.8, 4) is 0 Å². The molecule has 1 aromatic heterocycles. The van der Waals surface area contributed by atoms with Crippen LogP contribution in [0.3, 0.4) is 0 Å². The predicted octanol–water partition coefficient (Wildman–Crippen LogP) is 3.70. The third-order valence-corrected chi connectivity index (χ3v) is 4.50. The van der Waals surface area contributed by atoms with Gasteiger partial charge in [-0.25, -0.2) is 4.98 Å². The first-order valence-electron chi connectivity index (χ1n) is 7.99. The minimum Gasteiger partial charge on any atom is -0.331 e. The summed E-state index contributed by atoms with van der Waals surface area (Å²) in [5.74, 6) is 2.06. The molecule has 0 saturated heterocycles. The third kappa shape index (κ3) is 3.59. The molecule has 0 aliphatic heterocycles. The molecule has 1 N–H and O–H groups in total. The van der Waals surface area contributed by atoms with E-state index in [1.54, 1.807) is 0 Å². The van der Waals surface area contributed by atoms with Gasteiger partial charge in [-0.05, 0) is 45.1 Å². The molecule has 1 heterocycles. The Morgan fingerprint density at radius 1 is 1.32 bits per heavy atom. The molecule has 1 saturated carbocycles. The fraction of sp³-hybridized carbons (Fsp3) is 0.812. The van der Waals surface area contributed by atoms with E-state index in [-0.39, 0.29) is 0 Å². The average molecular weight is 263 g/mol. The van der Waals surface area contributed by atoms with Crippen molar-refractivity contribution < 1.29 is 0 Å². The molecule has 3 heteroatoms. The molecule has 3 nitrogen and oxygen atoms in total. The third-order valence-electron chi connectivity index (χ3n) is 4.50. The van der Waals surface area contributed by atoms with E-state index in [1.807, 2.05) is 6.20 Å². The highest BCUT2D eigenvalue weighted by Gasteiger charge is 2.31. The molecular formula is C16H29N3. The van der Waals surface area contributed by atoms with Crippen molar-refractivity contribution in [2.24, 2.45) is 5.92 Å². The van der Waals surface area contributed by atoms with Gasteiger partial charge in [0.15, 0.2) is 0 Å². The Kier molecular flexibility index (Phi) is 5.44. The van der Waals surface area contributed by atoms with E-state index in [0.29, 0.717) is 12.1 Å². The summed E-state index contributed by atoms with van der Waals surface area (Å²) in [7, 11) is 0. The van der Waals surface area contributed by atoms with Crippen LogP contribution in [-0.4, -0.2) is 22.1 Å². The first-order valence-corrected chi connectivity index (χ1v) is 7.99. The molecule has 1 aliphatic carbocycles. The first kappa shape index (κ1) is 14.6. The Morgan fingerprint density at radius 2 is 2.16 bits per heavy atom. The van der Waals surface area contributed by atoms with Crippen molar-refractivity contribution in [3.63, 3.8) is 0 Å². The second-order valence-electron chi connectivity index (χ2n) is 5.98. The Hall–Kier alpha value is -0.830. The van der Waals surface area contributed by atoms with Gasteiger partial charge in [0, 0.05) is 18.4 Å². The smallest absolute Gasteiger partial charge is 0.105 e. The Labute approximate surface area is 117 Å². The van der Waals surface area contributed by atoms with Gasteiger partial charge in [0.2, 0.25) is 0 Å². The topological polar surface area (TPSA) is 29.9 Å². The van der Waals surface area contributed by atoms with Crippen LogP contribution in [0.4, 0.5) is 0 Å². The average Bonchev–Trinajstić information content (AvgIpc) is 2.83. The van der Waals surface area contributed by atoms with E-state index < -0.39 is 0 Å². The summed E-state index contributed by atoms with van der Waals surface area (Å²) in [6, 6.07) is 1.22. The van der Waals surface area contributed by atoms with E-state index >= 15 is 0 Å². The molecule has 1 aliphatic rings. The summed E-state index contributed by atoms with van der Waals surface area (Å²) in [5.41, 5.74) is 0. The molecule has 3 atom stereocenters. The largest absolute Gasteiger partial charge is 0.331 e. The molecular weight excluding hydrogens is 234 g/mol. The lowest BCUT2D eigenvalue weighted by molar-refractivity contribution is 0.195. The Balaban J connectivity index is 2.09. The number of aromatic nitrogens is 2. The fourth-order valence-electron chi connectivity index (χ4n) is 3.52. The van der Waals surface area contributed by atoms with Gasteiger partial charge in [-0.3, -0.25) is 0 Å². The van der Waals surface area contributed by atoms with Crippen molar-refractivity contribution in [1.29, 1.82) is 0 Å². The van der Waals surface area contributed by atoms with Gasteiger partial charge in [0.05, 0.1) is 6.04 Å². The van der Waals surface area contributed by atoms with E-state index in [1.165, 1.54) is 38.5 Å². The molecule has 108 valence electrons. The number of nitrogens with zero attached hydrogens (tertiary/aromatic N) is 2. The zero-order valence-electron chi connectivity index (χ0n) is 12.7. The van der Waals surface area contributed by atoms with Crippen LogP contribution in [0.15, 0.2) is 12.4 Å². The summed E-state index contributed by atoms with van der Waals surface area (Å²) in [6.07, 6.45) is 12.0. The summed E-state index contributed by atoms with van der Waals surface area (Å²) in [5, 5.41) is 3.75. The van der Waals surface area contributed by atoms with E-state index in [4.69, 9.17) is 0 Å². The monoisotopic (exact) mass is 263 g/mol. The summed E-state index contributed by atoms with van der Waals surface area (Å²) in [6.45, 7) is 7.81. The standard InChI is InChI=1S/C16H29N3/c1-4-6-14-7-8-15(18-9-5-2)16(12-14)19-11-10-17-13(19)3/h10-11,14-16,18H,4-9,12H2,1-3H3. The lowest BCUT2D eigenvalue weighted by Crippen LogP contribution is -2.42. The lowest BCUT2D eigenvalue weighted by atomic mass is 9.80. The van der Waals surface area contributed by atoms with Crippen molar-refractivity contribution >= 4 is 0 Å². The van der Waals surface area contributed by atoms with Crippen LogP contribution in [0.5, 0.6) is 0 Å². The minimum atomic E-state index is 0.597. The maximum Gasteiger partial charge on any atom is 0.105 e. The molecule has 0 spiro atoms. The molecule has 0 bridgehead atoms. The number of hydrogen-bond donors (Lipinski definition) is 1. The van der Waals surface area contributed by atoms with E-state index in [9.17, 15) is 0 Å². The van der Waals surface area contributed by atoms with Crippen LogP contribution in [0, 0.1) is 12.8 Å². The zero-order chi connectivity index (χ0) is 13.7. The number of hydrogen-bond acceptors (Lipinski definition) is 2. The summed E-state index contributed by atoms with van der Waals surface area (Å²) in [4.78, 5) is 4.41. The number of rotatable bonds is 6. The number of imidazole rings is 1. The van der Waals surface area contributed by atoms with Gasteiger partial charge >= 0.3 is 0 Å². The van der Waals surface area contributed by atoms with Crippen molar-refractivity contribution in [1.82, 2.24) is 14.9 Å². The predicted molar refractivity (Wildman–Crippen MR) is 80.3 cm³/mol. The number of aryl methyl sites for hydroxylation is 1. The Bertz CT molecular complexity index is 372. The fourth-order valence-corrected chi connectivity index (χ4v) is 3.52. The van der Waals surface area contributed by atoms with Crippen molar-refractivity contribution in [2.75, 3.05) is 6.54 Å². The molecule has 1 fully saturated rings. The van der Waals surface area contributed by atoms with Crippen molar-refractivity contribution in [2.45, 2.75) is 71.4 Å². The van der Waals surface area contributed by atoms with Crippen LogP contribution in [0.25, 0.3) is 0 Å². The van der Waals surface area contributed by atoms with E-state index in [2.05, 4.69) is 41.8 Å². The second-order valence-corrected chi connectivity index (χ2v) is 5.98. The van der Waals surface area contributed by atoms with Crippen LogP contribution in [-0.2, 0) is 0 Å². The van der Waals surface area contributed by atoms with E-state index in [0.717, 1.165) is 18.3 Å². The quantitative estimate of drug-likeness (QED) is 0.848. The van der Waals surface area contributed by atoms with Gasteiger partial charge < -0.3 is 9.88 Å². The molecule has 19 heavy (non-hydrogen) atoms. The molecule has 0 radical (unpaired) electrons. The van der Waals surface area contributed by atoms with Gasteiger partial charge in [0.25, 0.3) is 0 Å². The maximum atomic E-state index is 4.41. The molecule has 0 aromatic carbocycles. The van der Waals surface area contributed by atoms with Gasteiger partial charge in [-0.2, -0.15) is 0 Å². The van der Waals surface area contributed by atoms with Gasteiger partial charge in [0.1, 0.15) is 5.82 Å². The SMILES string of the molecule is CCCNC1CCC(CCC)CC1n1ccnc1C. The summed E-state index contributed by atoms with van der Waals surface area (Å²) >= 11 is 0. The highest BCUT2D eigenvalue weighted by atomic mass is 15.1. The molecule has 2 rings (SSSR count). The minimum absolute atomic E-state index is 0.597. The van der Waals surface area contributed by atoms with Gasteiger partial charge in [-0.1, -0.05) is 26.7 Å². The highest BCUT2D eigenvalue weighted by molar-refractivity contribution is 4.98. The van der Waals surface area contributed by atoms with Crippen LogP contribution in [0.1, 0.15) is 64.2 Å². The number of nitrogens with one attached hydrogen (secondary N) is 1. The maximum absolute atomic E-state index is 4.41.